The first-order chi connectivity index (χ1) is 9.81. The summed E-state index contributed by atoms with van der Waals surface area (Å²) in [6.45, 7) is 5.18. The number of hydrogen-bond donors (Lipinski definition) is 0. The van der Waals surface area contributed by atoms with Gasteiger partial charge in [0.25, 0.3) is 5.88 Å². The molecule has 1 heterocycles. The molecule has 0 saturated carbocycles. The predicted molar refractivity (Wildman–Crippen MR) is 78.2 cm³/mol. The van der Waals surface area contributed by atoms with Crippen molar-refractivity contribution in [3.8, 4) is 11.6 Å². The molecule has 0 radical (unpaired) electrons. The summed E-state index contributed by atoms with van der Waals surface area (Å²) in [5, 5.41) is 15.3. The van der Waals surface area contributed by atoms with Crippen LogP contribution in [-0.2, 0) is 0 Å². The van der Waals surface area contributed by atoms with Crippen molar-refractivity contribution in [2.24, 2.45) is 0 Å². The maximum absolute atomic E-state index is 13.3. The van der Waals surface area contributed by atoms with Crippen molar-refractivity contribution in [1.29, 1.82) is 0 Å². The molecular weight excluding hydrogens is 345 g/mol. The van der Waals surface area contributed by atoms with Crippen LogP contribution in [0, 0.1) is 22.9 Å². The highest BCUT2D eigenvalue weighted by Crippen LogP contribution is 2.38. The molecule has 0 amide bonds. The topological polar surface area (TPSA) is 70.2 Å². The Hall–Kier alpha value is -1.96. The molecule has 21 heavy (non-hydrogen) atoms. The Morgan fingerprint density at radius 1 is 1.48 bits per heavy atom. The van der Waals surface area contributed by atoms with E-state index in [1.807, 2.05) is 13.8 Å². The van der Waals surface area contributed by atoms with Crippen LogP contribution < -0.4 is 4.74 Å². The lowest BCUT2D eigenvalue weighted by atomic mass is 10.3. The van der Waals surface area contributed by atoms with Gasteiger partial charge in [0.1, 0.15) is 17.3 Å². The predicted octanol–water partition coefficient (Wildman–Crippen LogP) is 4.37. The molecule has 0 fully saturated rings. The van der Waals surface area contributed by atoms with Crippen LogP contribution in [0.15, 0.2) is 22.7 Å². The second-order valence-electron chi connectivity index (χ2n) is 4.71. The normalized spacial score (nSPS) is 11.0. The molecule has 0 unspecified atom stereocenters. The number of benzene rings is 1. The van der Waals surface area contributed by atoms with Crippen LogP contribution in [0.25, 0.3) is 0 Å². The molecule has 2 aromatic rings. The van der Waals surface area contributed by atoms with Crippen LogP contribution in [-0.4, -0.2) is 14.7 Å². The highest BCUT2D eigenvalue weighted by atomic mass is 79.9. The number of nitrogens with zero attached hydrogens (tertiary/aromatic N) is 3. The van der Waals surface area contributed by atoms with Gasteiger partial charge >= 0.3 is 5.69 Å². The van der Waals surface area contributed by atoms with E-state index in [4.69, 9.17) is 4.74 Å². The molecule has 0 aliphatic rings. The van der Waals surface area contributed by atoms with Gasteiger partial charge in [0.2, 0.25) is 0 Å². The number of aromatic nitrogens is 2. The molecule has 1 aromatic heterocycles. The Morgan fingerprint density at radius 3 is 2.71 bits per heavy atom. The Labute approximate surface area is 128 Å². The zero-order chi connectivity index (χ0) is 15.7. The molecule has 1 aromatic carbocycles. The van der Waals surface area contributed by atoms with E-state index in [0.29, 0.717) is 4.47 Å². The number of hydrogen-bond acceptors (Lipinski definition) is 4. The third-order valence-corrected chi connectivity index (χ3v) is 3.44. The maximum Gasteiger partial charge on any atom is 0.353 e. The van der Waals surface area contributed by atoms with Crippen molar-refractivity contribution < 1.29 is 14.1 Å². The van der Waals surface area contributed by atoms with Crippen molar-refractivity contribution in [2.45, 2.75) is 26.8 Å². The summed E-state index contributed by atoms with van der Waals surface area (Å²) in [6.07, 6.45) is 0. The first kappa shape index (κ1) is 15.4. The van der Waals surface area contributed by atoms with Crippen molar-refractivity contribution in [3.05, 3.63) is 44.3 Å². The fourth-order valence-electron chi connectivity index (χ4n) is 1.83. The van der Waals surface area contributed by atoms with Gasteiger partial charge in [-0.25, -0.2) is 9.07 Å². The minimum absolute atomic E-state index is 0.0150. The van der Waals surface area contributed by atoms with Crippen LogP contribution in [0.4, 0.5) is 10.1 Å². The average molecular weight is 358 g/mol. The number of ether oxygens (including phenoxy) is 1. The molecule has 6 nitrogen and oxygen atoms in total. The summed E-state index contributed by atoms with van der Waals surface area (Å²) < 4.78 is 20.8. The molecule has 112 valence electrons. The van der Waals surface area contributed by atoms with Gasteiger partial charge in [-0.1, -0.05) is 0 Å². The summed E-state index contributed by atoms with van der Waals surface area (Å²) in [5.41, 5.74) is 0.0242. The Balaban J connectivity index is 2.56. The fraction of sp³-hybridized carbons (Fsp3) is 0.308. The standard InChI is InChI=1S/C13H13BrFN3O3/c1-7(2)17-13(12(18(19)20)8(3)16-17)21-11-6-9(15)4-5-10(11)14/h4-7H,1-3H3. The van der Waals surface area contributed by atoms with E-state index >= 15 is 0 Å². The third kappa shape index (κ3) is 3.05. The highest BCUT2D eigenvalue weighted by molar-refractivity contribution is 9.10. The first-order valence-corrected chi connectivity index (χ1v) is 6.97. The van der Waals surface area contributed by atoms with E-state index in [1.54, 1.807) is 0 Å². The maximum atomic E-state index is 13.3. The number of aryl methyl sites for hydroxylation is 1. The van der Waals surface area contributed by atoms with Gasteiger partial charge in [0, 0.05) is 6.07 Å². The third-order valence-electron chi connectivity index (χ3n) is 2.78. The summed E-state index contributed by atoms with van der Waals surface area (Å²) >= 11 is 3.23. The average Bonchev–Trinajstić information content (AvgIpc) is 2.71. The van der Waals surface area contributed by atoms with Crippen molar-refractivity contribution in [1.82, 2.24) is 9.78 Å². The second kappa shape index (κ2) is 5.80. The monoisotopic (exact) mass is 357 g/mol. The largest absolute Gasteiger partial charge is 0.433 e. The lowest BCUT2D eigenvalue weighted by Crippen LogP contribution is -2.06. The fourth-order valence-corrected chi connectivity index (χ4v) is 2.16. The zero-order valence-electron chi connectivity index (χ0n) is 11.6. The van der Waals surface area contributed by atoms with Gasteiger partial charge in [0.15, 0.2) is 0 Å². The zero-order valence-corrected chi connectivity index (χ0v) is 13.2. The van der Waals surface area contributed by atoms with Crippen molar-refractivity contribution in [2.75, 3.05) is 0 Å². The summed E-state index contributed by atoms with van der Waals surface area (Å²) in [7, 11) is 0. The molecule has 0 spiro atoms. The number of halogens is 2. The van der Waals surface area contributed by atoms with E-state index in [1.165, 1.54) is 23.7 Å². The highest BCUT2D eigenvalue weighted by Gasteiger charge is 2.29. The molecule has 0 aliphatic heterocycles. The molecular formula is C13H13BrFN3O3. The minimum Gasteiger partial charge on any atom is -0.433 e. The second-order valence-corrected chi connectivity index (χ2v) is 5.57. The summed E-state index contributed by atoms with van der Waals surface area (Å²) in [5.74, 6) is -0.359. The van der Waals surface area contributed by atoms with Crippen molar-refractivity contribution >= 4 is 21.6 Å². The van der Waals surface area contributed by atoms with E-state index in [2.05, 4.69) is 21.0 Å². The van der Waals surface area contributed by atoms with Crippen LogP contribution in [0.3, 0.4) is 0 Å². The molecule has 8 heteroatoms. The van der Waals surface area contributed by atoms with Gasteiger partial charge in [-0.05, 0) is 48.8 Å². The van der Waals surface area contributed by atoms with Crippen molar-refractivity contribution in [3.63, 3.8) is 0 Å². The molecule has 0 saturated heterocycles. The molecule has 0 bridgehead atoms. The quantitative estimate of drug-likeness (QED) is 0.601. The Bertz CT molecular complexity index is 700. The first-order valence-electron chi connectivity index (χ1n) is 6.17. The van der Waals surface area contributed by atoms with Crippen LogP contribution >= 0.6 is 15.9 Å². The van der Waals surface area contributed by atoms with Crippen LogP contribution in [0.1, 0.15) is 25.6 Å². The van der Waals surface area contributed by atoms with Crippen LogP contribution in [0.5, 0.6) is 11.6 Å². The lowest BCUT2D eigenvalue weighted by molar-refractivity contribution is -0.386. The number of rotatable bonds is 4. The lowest BCUT2D eigenvalue weighted by Gasteiger charge is -2.12. The minimum atomic E-state index is -0.552. The van der Waals surface area contributed by atoms with E-state index in [9.17, 15) is 14.5 Å². The Kier molecular flexibility index (Phi) is 4.26. The smallest absolute Gasteiger partial charge is 0.353 e. The van der Waals surface area contributed by atoms with Crippen LogP contribution in [0.2, 0.25) is 0 Å². The van der Waals surface area contributed by atoms with Gasteiger partial charge in [-0.2, -0.15) is 5.10 Å². The van der Waals surface area contributed by atoms with Gasteiger partial charge < -0.3 is 4.74 Å². The summed E-state index contributed by atoms with van der Waals surface area (Å²) in [4.78, 5) is 10.7. The summed E-state index contributed by atoms with van der Waals surface area (Å²) in [6, 6.07) is 3.75. The van der Waals surface area contributed by atoms with Gasteiger partial charge in [0.05, 0.1) is 15.4 Å². The number of nitro groups is 1. The molecule has 2 rings (SSSR count). The van der Waals surface area contributed by atoms with E-state index in [0.717, 1.165) is 6.07 Å². The molecule has 0 atom stereocenters. The van der Waals surface area contributed by atoms with E-state index in [-0.39, 0.29) is 29.1 Å². The van der Waals surface area contributed by atoms with Gasteiger partial charge in [-0.15, -0.1) is 0 Å². The molecule has 0 aliphatic carbocycles. The van der Waals surface area contributed by atoms with Gasteiger partial charge in [-0.3, -0.25) is 10.1 Å². The Morgan fingerprint density at radius 2 is 2.14 bits per heavy atom. The molecule has 0 N–H and O–H groups in total. The SMILES string of the molecule is Cc1nn(C(C)C)c(Oc2cc(F)ccc2Br)c1[N+](=O)[O-]. The van der Waals surface area contributed by atoms with E-state index < -0.39 is 10.7 Å².